The van der Waals surface area contributed by atoms with Crippen LogP contribution in [0.15, 0.2) is 15.2 Å². The maximum atomic E-state index is 5.26. The van der Waals surface area contributed by atoms with Gasteiger partial charge < -0.3 is 14.3 Å². The summed E-state index contributed by atoms with van der Waals surface area (Å²) in [5.74, 6) is 1.16. The summed E-state index contributed by atoms with van der Waals surface area (Å²) >= 11 is 0. The number of rotatable bonds is 1. The molecule has 1 aliphatic heterocycles. The van der Waals surface area contributed by atoms with Gasteiger partial charge in [-0.1, -0.05) is 5.16 Å². The molecule has 0 bridgehead atoms. The first-order valence-corrected chi connectivity index (χ1v) is 4.45. The molecule has 2 aromatic rings. The molecule has 3 heterocycles. The lowest BCUT2D eigenvalue weighted by molar-refractivity contribution is 0.402. The molecular weight excluding hydrogens is 182 g/mol. The van der Waals surface area contributed by atoms with Crippen LogP contribution in [-0.4, -0.2) is 10.1 Å². The quantitative estimate of drug-likeness (QED) is 0.734. The molecule has 0 radical (unpaired) electrons. The molecule has 1 aliphatic rings. The van der Waals surface area contributed by atoms with E-state index in [-0.39, 0.29) is 0 Å². The van der Waals surface area contributed by atoms with Crippen molar-refractivity contribution in [3.63, 3.8) is 0 Å². The van der Waals surface area contributed by atoms with Crippen LogP contribution in [0.25, 0.3) is 11.7 Å². The van der Waals surface area contributed by atoms with Crippen molar-refractivity contribution in [1.82, 2.24) is 15.5 Å². The summed E-state index contributed by atoms with van der Waals surface area (Å²) in [6, 6.07) is 0. The minimum Gasteiger partial charge on any atom is -0.442 e. The van der Waals surface area contributed by atoms with Crippen LogP contribution >= 0.6 is 0 Å². The fourth-order valence-corrected chi connectivity index (χ4v) is 1.60. The van der Waals surface area contributed by atoms with Crippen LogP contribution in [0.1, 0.15) is 17.0 Å². The van der Waals surface area contributed by atoms with Gasteiger partial charge in [0.15, 0.2) is 0 Å². The van der Waals surface area contributed by atoms with Crippen LogP contribution < -0.4 is 5.32 Å². The minimum atomic E-state index is 0.514. The molecule has 0 saturated carbocycles. The standard InChI is InChI=1S/C9H9N3O2/c1-5-4-13-9(11-5)8-6-2-10-3-7(6)12-14-8/h4,10H,2-3H2,1H3. The second-order valence-electron chi connectivity index (χ2n) is 3.33. The van der Waals surface area contributed by atoms with Gasteiger partial charge in [0, 0.05) is 18.7 Å². The number of hydrogen-bond acceptors (Lipinski definition) is 5. The monoisotopic (exact) mass is 191 g/mol. The first-order valence-electron chi connectivity index (χ1n) is 4.45. The van der Waals surface area contributed by atoms with Gasteiger partial charge in [0.25, 0.3) is 5.89 Å². The largest absolute Gasteiger partial charge is 0.442 e. The van der Waals surface area contributed by atoms with E-state index >= 15 is 0 Å². The molecule has 3 rings (SSSR count). The second-order valence-corrected chi connectivity index (χ2v) is 3.33. The van der Waals surface area contributed by atoms with Crippen LogP contribution in [0.4, 0.5) is 0 Å². The van der Waals surface area contributed by atoms with E-state index in [4.69, 9.17) is 8.94 Å². The number of nitrogens with zero attached hydrogens (tertiary/aromatic N) is 2. The molecule has 0 atom stereocenters. The molecule has 5 heteroatoms. The number of hydrogen-bond donors (Lipinski definition) is 1. The van der Waals surface area contributed by atoms with Crippen molar-refractivity contribution in [1.29, 1.82) is 0 Å². The van der Waals surface area contributed by atoms with Crippen molar-refractivity contribution in [2.75, 3.05) is 0 Å². The average molecular weight is 191 g/mol. The third-order valence-electron chi connectivity index (χ3n) is 2.28. The van der Waals surface area contributed by atoms with Gasteiger partial charge in [0.2, 0.25) is 5.76 Å². The Morgan fingerprint density at radius 3 is 3.14 bits per heavy atom. The molecule has 2 aromatic heterocycles. The molecule has 0 amide bonds. The highest BCUT2D eigenvalue weighted by Crippen LogP contribution is 2.28. The predicted octanol–water partition coefficient (Wildman–Crippen LogP) is 1.24. The van der Waals surface area contributed by atoms with Crippen molar-refractivity contribution >= 4 is 0 Å². The fraction of sp³-hybridized carbons (Fsp3) is 0.333. The highest BCUT2D eigenvalue weighted by Gasteiger charge is 2.24. The summed E-state index contributed by atoms with van der Waals surface area (Å²) in [6.45, 7) is 3.41. The average Bonchev–Trinajstić information content (AvgIpc) is 2.77. The highest BCUT2D eigenvalue weighted by molar-refractivity contribution is 5.53. The Morgan fingerprint density at radius 2 is 2.36 bits per heavy atom. The van der Waals surface area contributed by atoms with E-state index in [0.29, 0.717) is 11.7 Å². The Balaban J connectivity index is 2.12. The lowest BCUT2D eigenvalue weighted by atomic mass is 10.2. The van der Waals surface area contributed by atoms with Gasteiger partial charge in [-0.25, -0.2) is 4.98 Å². The zero-order chi connectivity index (χ0) is 9.54. The lowest BCUT2D eigenvalue weighted by Gasteiger charge is -1.90. The molecule has 0 fully saturated rings. The van der Waals surface area contributed by atoms with Gasteiger partial charge in [-0.2, -0.15) is 0 Å². The number of aromatic nitrogens is 2. The molecule has 0 unspecified atom stereocenters. The number of aryl methyl sites for hydroxylation is 1. The zero-order valence-electron chi connectivity index (χ0n) is 7.70. The van der Waals surface area contributed by atoms with Crippen LogP contribution in [-0.2, 0) is 13.1 Å². The first kappa shape index (κ1) is 7.75. The van der Waals surface area contributed by atoms with Crippen molar-refractivity contribution < 1.29 is 8.94 Å². The molecule has 0 aromatic carbocycles. The second kappa shape index (κ2) is 2.68. The van der Waals surface area contributed by atoms with Crippen molar-refractivity contribution in [3.05, 3.63) is 23.2 Å². The van der Waals surface area contributed by atoms with Crippen molar-refractivity contribution in [2.24, 2.45) is 0 Å². The SMILES string of the molecule is Cc1coc(-c2onc3c2CNC3)n1. The van der Waals surface area contributed by atoms with Gasteiger partial charge in [0.1, 0.15) is 12.0 Å². The summed E-state index contributed by atoms with van der Waals surface area (Å²) in [4.78, 5) is 4.20. The smallest absolute Gasteiger partial charge is 0.266 e. The molecule has 1 N–H and O–H groups in total. The van der Waals surface area contributed by atoms with E-state index in [9.17, 15) is 0 Å². The molecule has 0 spiro atoms. The van der Waals surface area contributed by atoms with Crippen LogP contribution in [0, 0.1) is 6.92 Å². The molecule has 0 aliphatic carbocycles. The summed E-state index contributed by atoms with van der Waals surface area (Å²) in [5.41, 5.74) is 2.86. The molecule has 0 saturated heterocycles. The summed E-state index contributed by atoms with van der Waals surface area (Å²) in [7, 11) is 0. The normalized spacial score (nSPS) is 14.6. The zero-order valence-corrected chi connectivity index (χ0v) is 7.70. The van der Waals surface area contributed by atoms with Gasteiger partial charge in [-0.05, 0) is 6.92 Å². The van der Waals surface area contributed by atoms with Crippen LogP contribution in [0.3, 0.4) is 0 Å². The summed E-state index contributed by atoms with van der Waals surface area (Å²) in [5, 5.41) is 7.14. The van der Waals surface area contributed by atoms with Gasteiger partial charge in [0.05, 0.1) is 5.69 Å². The lowest BCUT2D eigenvalue weighted by Crippen LogP contribution is -2.01. The molecule has 5 nitrogen and oxygen atoms in total. The first-order chi connectivity index (χ1) is 6.84. The number of nitrogens with one attached hydrogen (secondary N) is 1. The van der Waals surface area contributed by atoms with E-state index in [1.165, 1.54) is 0 Å². The van der Waals surface area contributed by atoms with E-state index in [2.05, 4.69) is 15.5 Å². The van der Waals surface area contributed by atoms with Crippen molar-refractivity contribution in [2.45, 2.75) is 20.0 Å². The van der Waals surface area contributed by atoms with Gasteiger partial charge in [-0.15, -0.1) is 0 Å². The number of oxazole rings is 1. The van der Waals surface area contributed by atoms with Crippen LogP contribution in [0.5, 0.6) is 0 Å². The molecule has 14 heavy (non-hydrogen) atoms. The third-order valence-corrected chi connectivity index (χ3v) is 2.28. The Hall–Kier alpha value is -1.62. The van der Waals surface area contributed by atoms with E-state index in [0.717, 1.165) is 30.0 Å². The van der Waals surface area contributed by atoms with E-state index in [1.807, 2.05) is 6.92 Å². The molecular formula is C9H9N3O2. The Morgan fingerprint density at radius 1 is 1.43 bits per heavy atom. The predicted molar refractivity (Wildman–Crippen MR) is 47.3 cm³/mol. The highest BCUT2D eigenvalue weighted by atomic mass is 16.5. The Labute approximate surface area is 80.1 Å². The van der Waals surface area contributed by atoms with E-state index < -0.39 is 0 Å². The van der Waals surface area contributed by atoms with Crippen LogP contribution in [0.2, 0.25) is 0 Å². The van der Waals surface area contributed by atoms with E-state index in [1.54, 1.807) is 6.26 Å². The van der Waals surface area contributed by atoms with Gasteiger partial charge in [-0.3, -0.25) is 0 Å². The maximum Gasteiger partial charge on any atom is 0.266 e. The van der Waals surface area contributed by atoms with Crippen molar-refractivity contribution in [3.8, 4) is 11.7 Å². The number of fused-ring (bicyclic) bond motifs is 1. The summed E-state index contributed by atoms with van der Waals surface area (Å²) < 4.78 is 10.5. The summed E-state index contributed by atoms with van der Waals surface area (Å²) in [6.07, 6.45) is 1.60. The minimum absolute atomic E-state index is 0.514. The Kier molecular flexibility index (Phi) is 1.49. The topological polar surface area (TPSA) is 64.1 Å². The van der Waals surface area contributed by atoms with Gasteiger partial charge >= 0.3 is 0 Å². The fourth-order valence-electron chi connectivity index (χ4n) is 1.60. The maximum absolute atomic E-state index is 5.26. The third kappa shape index (κ3) is 0.990. The Bertz CT molecular complexity index is 472. The molecule has 72 valence electrons.